The fraction of sp³-hybridized carbons (Fsp3) is 0.400. The van der Waals surface area contributed by atoms with E-state index in [1.165, 1.54) is 0 Å². The Hall–Kier alpha value is -1.36. The minimum absolute atomic E-state index is 0.609. The highest BCUT2D eigenvalue weighted by molar-refractivity contribution is 6.33. The fourth-order valence-corrected chi connectivity index (χ4v) is 2.62. The van der Waals surface area contributed by atoms with Gasteiger partial charge in [-0.25, -0.2) is 4.98 Å². The first-order valence-electron chi connectivity index (χ1n) is 6.88. The first kappa shape index (κ1) is 13.6. The number of nitrogens with zero attached hydrogens (tertiary/aromatic N) is 2. The zero-order valence-electron chi connectivity index (χ0n) is 11.5. The number of halogens is 1. The Kier molecular flexibility index (Phi) is 4.05. The Morgan fingerprint density at radius 1 is 1.30 bits per heavy atom. The van der Waals surface area contributed by atoms with Crippen LogP contribution in [0.1, 0.15) is 11.5 Å². The standard InChI is InChI=1S/C15H18ClN3O/c1-11-14(10-19-8-6-17-7-9-19)18-15(20-11)12-4-2-3-5-13(12)16/h2-5,17H,6-10H2,1H3. The highest BCUT2D eigenvalue weighted by Crippen LogP contribution is 2.28. The molecule has 4 nitrogen and oxygen atoms in total. The lowest BCUT2D eigenvalue weighted by atomic mass is 10.2. The molecule has 1 fully saturated rings. The average molecular weight is 292 g/mol. The number of hydrogen-bond acceptors (Lipinski definition) is 4. The van der Waals surface area contributed by atoms with Gasteiger partial charge in [0.1, 0.15) is 5.76 Å². The van der Waals surface area contributed by atoms with Gasteiger partial charge in [0, 0.05) is 32.7 Å². The number of piperazine rings is 1. The molecule has 0 aliphatic carbocycles. The van der Waals surface area contributed by atoms with Gasteiger partial charge in [0.2, 0.25) is 5.89 Å². The fourth-order valence-electron chi connectivity index (χ4n) is 2.41. The number of aryl methyl sites for hydroxylation is 1. The highest BCUT2D eigenvalue weighted by atomic mass is 35.5. The van der Waals surface area contributed by atoms with Crippen molar-refractivity contribution < 1.29 is 4.42 Å². The van der Waals surface area contributed by atoms with E-state index in [9.17, 15) is 0 Å². The molecule has 0 atom stereocenters. The summed E-state index contributed by atoms with van der Waals surface area (Å²) in [6.07, 6.45) is 0. The summed E-state index contributed by atoms with van der Waals surface area (Å²) in [6.45, 7) is 6.97. The SMILES string of the molecule is Cc1oc(-c2ccccc2Cl)nc1CN1CCNCC1. The van der Waals surface area contributed by atoms with Crippen molar-refractivity contribution in [2.24, 2.45) is 0 Å². The van der Waals surface area contributed by atoms with Gasteiger partial charge in [0.15, 0.2) is 0 Å². The molecule has 0 amide bonds. The molecule has 2 aromatic rings. The molecule has 0 radical (unpaired) electrons. The monoisotopic (exact) mass is 291 g/mol. The van der Waals surface area contributed by atoms with Gasteiger partial charge in [0.05, 0.1) is 16.3 Å². The predicted octanol–water partition coefficient (Wildman–Crippen LogP) is 2.71. The van der Waals surface area contributed by atoms with Crippen molar-refractivity contribution in [3.05, 3.63) is 40.7 Å². The van der Waals surface area contributed by atoms with Crippen LogP contribution in [0.5, 0.6) is 0 Å². The average Bonchev–Trinajstić information content (AvgIpc) is 2.81. The van der Waals surface area contributed by atoms with E-state index < -0.39 is 0 Å². The molecule has 1 saturated heterocycles. The Morgan fingerprint density at radius 2 is 2.05 bits per heavy atom. The summed E-state index contributed by atoms with van der Waals surface area (Å²) < 4.78 is 5.79. The van der Waals surface area contributed by atoms with Crippen LogP contribution in [-0.2, 0) is 6.54 Å². The quantitative estimate of drug-likeness (QED) is 0.944. The minimum Gasteiger partial charge on any atom is -0.441 e. The molecule has 1 aliphatic rings. The van der Waals surface area contributed by atoms with Gasteiger partial charge in [0.25, 0.3) is 0 Å². The van der Waals surface area contributed by atoms with Crippen LogP contribution in [0.15, 0.2) is 28.7 Å². The topological polar surface area (TPSA) is 41.3 Å². The lowest BCUT2D eigenvalue weighted by Gasteiger charge is -2.26. The minimum atomic E-state index is 0.609. The number of hydrogen-bond donors (Lipinski definition) is 1. The van der Waals surface area contributed by atoms with E-state index in [2.05, 4.69) is 15.2 Å². The summed E-state index contributed by atoms with van der Waals surface area (Å²) in [5.74, 6) is 1.48. The van der Waals surface area contributed by atoms with Crippen molar-refractivity contribution >= 4 is 11.6 Å². The van der Waals surface area contributed by atoms with E-state index >= 15 is 0 Å². The van der Waals surface area contributed by atoms with E-state index in [-0.39, 0.29) is 0 Å². The molecule has 0 bridgehead atoms. The third kappa shape index (κ3) is 2.87. The molecule has 1 aliphatic heterocycles. The molecule has 5 heteroatoms. The molecule has 1 N–H and O–H groups in total. The molecule has 0 saturated carbocycles. The van der Waals surface area contributed by atoms with Crippen molar-refractivity contribution in [2.75, 3.05) is 26.2 Å². The molecule has 20 heavy (non-hydrogen) atoms. The van der Waals surface area contributed by atoms with Crippen molar-refractivity contribution in [1.29, 1.82) is 0 Å². The van der Waals surface area contributed by atoms with Crippen LogP contribution in [0, 0.1) is 6.92 Å². The Labute approximate surface area is 123 Å². The van der Waals surface area contributed by atoms with Crippen molar-refractivity contribution in [1.82, 2.24) is 15.2 Å². The first-order chi connectivity index (χ1) is 9.74. The second kappa shape index (κ2) is 5.95. The van der Waals surface area contributed by atoms with Crippen LogP contribution in [-0.4, -0.2) is 36.1 Å². The molecular formula is C15H18ClN3O. The Balaban J connectivity index is 1.82. The smallest absolute Gasteiger partial charge is 0.228 e. The third-order valence-corrected chi connectivity index (χ3v) is 3.91. The van der Waals surface area contributed by atoms with E-state index in [0.29, 0.717) is 10.9 Å². The molecule has 3 rings (SSSR count). The number of rotatable bonds is 3. The van der Waals surface area contributed by atoms with Gasteiger partial charge in [-0.3, -0.25) is 4.90 Å². The summed E-state index contributed by atoms with van der Waals surface area (Å²) >= 11 is 6.19. The van der Waals surface area contributed by atoms with Gasteiger partial charge in [-0.2, -0.15) is 0 Å². The molecule has 1 aromatic heterocycles. The van der Waals surface area contributed by atoms with E-state index in [4.69, 9.17) is 16.0 Å². The predicted molar refractivity (Wildman–Crippen MR) is 79.8 cm³/mol. The number of oxazole rings is 1. The van der Waals surface area contributed by atoms with Crippen LogP contribution >= 0.6 is 11.6 Å². The molecule has 0 spiro atoms. The molecule has 106 valence electrons. The second-order valence-electron chi connectivity index (χ2n) is 5.03. The summed E-state index contributed by atoms with van der Waals surface area (Å²) in [4.78, 5) is 7.01. The lowest BCUT2D eigenvalue weighted by molar-refractivity contribution is 0.230. The maximum Gasteiger partial charge on any atom is 0.228 e. The van der Waals surface area contributed by atoms with E-state index in [0.717, 1.165) is 49.7 Å². The van der Waals surface area contributed by atoms with Gasteiger partial charge in [-0.1, -0.05) is 23.7 Å². The third-order valence-electron chi connectivity index (χ3n) is 3.58. The number of benzene rings is 1. The van der Waals surface area contributed by atoms with Crippen molar-refractivity contribution in [3.63, 3.8) is 0 Å². The summed E-state index contributed by atoms with van der Waals surface area (Å²) in [5, 5.41) is 4.02. The van der Waals surface area contributed by atoms with E-state index in [1.807, 2.05) is 31.2 Å². The highest BCUT2D eigenvalue weighted by Gasteiger charge is 2.17. The Morgan fingerprint density at radius 3 is 2.80 bits per heavy atom. The van der Waals surface area contributed by atoms with Crippen LogP contribution in [0.2, 0.25) is 5.02 Å². The van der Waals surface area contributed by atoms with E-state index in [1.54, 1.807) is 0 Å². The summed E-state index contributed by atoms with van der Waals surface area (Å²) in [5.41, 5.74) is 1.85. The summed E-state index contributed by atoms with van der Waals surface area (Å²) in [6, 6.07) is 7.63. The van der Waals surface area contributed by atoms with Crippen molar-refractivity contribution in [3.8, 4) is 11.5 Å². The van der Waals surface area contributed by atoms with Gasteiger partial charge in [-0.05, 0) is 19.1 Å². The van der Waals surface area contributed by atoms with Crippen LogP contribution < -0.4 is 5.32 Å². The van der Waals surface area contributed by atoms with Gasteiger partial charge >= 0.3 is 0 Å². The Bertz CT molecular complexity index is 591. The molecular weight excluding hydrogens is 274 g/mol. The van der Waals surface area contributed by atoms with Gasteiger partial charge in [-0.15, -0.1) is 0 Å². The molecule has 0 unspecified atom stereocenters. The number of aromatic nitrogens is 1. The lowest BCUT2D eigenvalue weighted by Crippen LogP contribution is -2.43. The zero-order valence-corrected chi connectivity index (χ0v) is 12.3. The molecule has 1 aromatic carbocycles. The van der Waals surface area contributed by atoms with Crippen LogP contribution in [0.25, 0.3) is 11.5 Å². The number of nitrogens with one attached hydrogen (secondary N) is 1. The van der Waals surface area contributed by atoms with Crippen LogP contribution in [0.4, 0.5) is 0 Å². The first-order valence-corrected chi connectivity index (χ1v) is 7.26. The molecule has 2 heterocycles. The normalized spacial score (nSPS) is 16.5. The van der Waals surface area contributed by atoms with Crippen LogP contribution in [0.3, 0.4) is 0 Å². The maximum atomic E-state index is 6.19. The zero-order chi connectivity index (χ0) is 13.9. The van der Waals surface area contributed by atoms with Crippen molar-refractivity contribution in [2.45, 2.75) is 13.5 Å². The van der Waals surface area contributed by atoms with Gasteiger partial charge < -0.3 is 9.73 Å². The second-order valence-corrected chi connectivity index (χ2v) is 5.44. The largest absolute Gasteiger partial charge is 0.441 e. The maximum absolute atomic E-state index is 6.19. The summed E-state index contributed by atoms with van der Waals surface area (Å²) in [7, 11) is 0.